The topological polar surface area (TPSA) is 80.5 Å². The Labute approximate surface area is 147 Å². The summed E-state index contributed by atoms with van der Waals surface area (Å²) < 4.78 is 27.5. The van der Waals surface area contributed by atoms with E-state index in [0.717, 1.165) is 5.56 Å². The molecule has 128 valence electrons. The number of H-pyrrole nitrogens is 1. The molecule has 0 fully saturated rings. The Morgan fingerprint density at radius 2 is 1.62 bits per heavy atom. The van der Waals surface area contributed by atoms with E-state index in [2.05, 4.69) is 20.2 Å². The number of aromatic nitrogens is 4. The summed E-state index contributed by atoms with van der Waals surface area (Å²) in [6, 6.07) is 12.3. The predicted molar refractivity (Wildman–Crippen MR) is 94.8 cm³/mol. The minimum absolute atomic E-state index is 0.0614. The number of anilines is 1. The number of rotatable bonds is 3. The van der Waals surface area contributed by atoms with Gasteiger partial charge in [0, 0.05) is 28.5 Å². The number of nitrogens with two attached hydrogens (primary N) is 1. The number of nitrogens with one attached hydrogen (secondary N) is 1. The molecule has 0 saturated heterocycles. The highest BCUT2D eigenvalue weighted by Gasteiger charge is 2.18. The Bertz CT molecular complexity index is 1070. The summed E-state index contributed by atoms with van der Waals surface area (Å²) in [6.45, 7) is 0. The molecular weight excluding hydrogens is 336 g/mol. The molecule has 4 rings (SSSR count). The fourth-order valence-corrected chi connectivity index (χ4v) is 2.78. The summed E-state index contributed by atoms with van der Waals surface area (Å²) >= 11 is 0. The van der Waals surface area contributed by atoms with E-state index < -0.39 is 5.82 Å². The molecule has 0 spiro atoms. The number of benzene rings is 2. The quantitative estimate of drug-likeness (QED) is 0.584. The van der Waals surface area contributed by atoms with Gasteiger partial charge in [0.1, 0.15) is 11.6 Å². The van der Waals surface area contributed by atoms with Crippen molar-refractivity contribution in [2.45, 2.75) is 0 Å². The van der Waals surface area contributed by atoms with Crippen LogP contribution in [0.5, 0.6) is 0 Å². The molecule has 0 unspecified atom stereocenters. The van der Waals surface area contributed by atoms with Gasteiger partial charge >= 0.3 is 0 Å². The van der Waals surface area contributed by atoms with Gasteiger partial charge in [-0.25, -0.2) is 18.7 Å². The summed E-state index contributed by atoms with van der Waals surface area (Å²) in [4.78, 5) is 8.30. The lowest BCUT2D eigenvalue weighted by molar-refractivity contribution is 0.628. The molecular formula is C19H13F2N5. The van der Waals surface area contributed by atoms with Crippen LogP contribution in [0.2, 0.25) is 0 Å². The molecule has 3 N–H and O–H groups in total. The lowest BCUT2D eigenvalue weighted by atomic mass is 9.98. The Kier molecular flexibility index (Phi) is 3.89. The number of aromatic amines is 1. The summed E-state index contributed by atoms with van der Waals surface area (Å²) in [5.41, 5.74) is 9.00. The maximum Gasteiger partial charge on any atom is 0.220 e. The van der Waals surface area contributed by atoms with E-state index in [1.54, 1.807) is 36.5 Å². The lowest BCUT2D eigenvalue weighted by Crippen LogP contribution is -2.00. The monoisotopic (exact) mass is 349 g/mol. The van der Waals surface area contributed by atoms with E-state index in [-0.39, 0.29) is 11.8 Å². The smallest absolute Gasteiger partial charge is 0.220 e. The summed E-state index contributed by atoms with van der Waals surface area (Å²) in [7, 11) is 0. The highest BCUT2D eigenvalue weighted by Crippen LogP contribution is 2.36. The Morgan fingerprint density at radius 3 is 2.38 bits per heavy atom. The first kappa shape index (κ1) is 15.9. The molecule has 2 aromatic carbocycles. The van der Waals surface area contributed by atoms with Crippen molar-refractivity contribution < 1.29 is 8.78 Å². The second-order valence-electron chi connectivity index (χ2n) is 5.64. The molecule has 0 aliphatic rings. The minimum Gasteiger partial charge on any atom is -0.368 e. The third-order valence-electron chi connectivity index (χ3n) is 4.00. The van der Waals surface area contributed by atoms with Gasteiger partial charge in [0.25, 0.3) is 0 Å². The van der Waals surface area contributed by atoms with Crippen LogP contribution >= 0.6 is 0 Å². The van der Waals surface area contributed by atoms with E-state index >= 15 is 0 Å². The van der Waals surface area contributed by atoms with Gasteiger partial charge in [-0.3, -0.25) is 5.10 Å². The van der Waals surface area contributed by atoms with Crippen molar-refractivity contribution in [3.63, 3.8) is 0 Å². The molecule has 4 aromatic rings. The first-order valence-corrected chi connectivity index (χ1v) is 7.80. The molecule has 2 heterocycles. The van der Waals surface area contributed by atoms with Gasteiger partial charge in [-0.2, -0.15) is 5.10 Å². The zero-order valence-corrected chi connectivity index (χ0v) is 13.4. The number of hydrogen-bond donors (Lipinski definition) is 2. The predicted octanol–water partition coefficient (Wildman–Crippen LogP) is 4.06. The molecule has 2 aromatic heterocycles. The van der Waals surface area contributed by atoms with Crippen LogP contribution in [0.1, 0.15) is 0 Å². The fourth-order valence-electron chi connectivity index (χ4n) is 2.78. The number of nitrogen functional groups attached to an aromatic ring is 1. The molecule has 26 heavy (non-hydrogen) atoms. The second-order valence-corrected chi connectivity index (χ2v) is 5.64. The fraction of sp³-hybridized carbons (Fsp3) is 0. The normalized spacial score (nSPS) is 10.8. The van der Waals surface area contributed by atoms with Crippen LogP contribution in [0, 0.1) is 11.6 Å². The van der Waals surface area contributed by atoms with Crippen molar-refractivity contribution in [3.8, 4) is 33.6 Å². The highest BCUT2D eigenvalue weighted by molar-refractivity contribution is 5.87. The van der Waals surface area contributed by atoms with Crippen LogP contribution in [0.25, 0.3) is 33.6 Å². The van der Waals surface area contributed by atoms with Gasteiger partial charge in [0.2, 0.25) is 5.95 Å². The Balaban J connectivity index is 1.93. The summed E-state index contributed by atoms with van der Waals surface area (Å²) in [5.74, 6) is -0.673. The lowest BCUT2D eigenvalue weighted by Gasteiger charge is -2.10. The van der Waals surface area contributed by atoms with Crippen molar-refractivity contribution in [1.82, 2.24) is 20.2 Å². The largest absolute Gasteiger partial charge is 0.368 e. The third kappa shape index (κ3) is 2.79. The van der Waals surface area contributed by atoms with Gasteiger partial charge in [-0.05, 0) is 30.3 Å². The van der Waals surface area contributed by atoms with Crippen LogP contribution < -0.4 is 5.73 Å². The average Bonchev–Trinajstić information content (AvgIpc) is 3.13. The van der Waals surface area contributed by atoms with Crippen molar-refractivity contribution >= 4 is 5.95 Å². The molecule has 0 bridgehead atoms. The first-order chi connectivity index (χ1) is 12.6. The third-order valence-corrected chi connectivity index (χ3v) is 4.00. The highest BCUT2D eigenvalue weighted by atomic mass is 19.1. The van der Waals surface area contributed by atoms with Crippen molar-refractivity contribution in [3.05, 3.63) is 72.6 Å². The second kappa shape index (κ2) is 6.36. The van der Waals surface area contributed by atoms with Gasteiger partial charge in [0.15, 0.2) is 0 Å². The maximum absolute atomic E-state index is 14.3. The molecule has 0 amide bonds. The summed E-state index contributed by atoms with van der Waals surface area (Å²) in [6.07, 6.45) is 3.06. The van der Waals surface area contributed by atoms with Crippen LogP contribution in [-0.4, -0.2) is 20.2 Å². The first-order valence-electron chi connectivity index (χ1n) is 7.80. The van der Waals surface area contributed by atoms with Crippen LogP contribution in [-0.2, 0) is 0 Å². The SMILES string of the molecule is Nc1ncc(-c2ccccc2F)c(-c2cn[nH]c2-c2ccc(F)cc2)n1. The standard InChI is InChI=1S/C19H13F2N5/c20-12-7-5-11(6-8-12)17-15(10-24-26-17)18-14(9-23-19(22)25-18)13-3-1-2-4-16(13)21/h1-10H,(H,24,26)(H2,22,23,25). The van der Waals surface area contributed by atoms with Crippen molar-refractivity contribution in [2.75, 3.05) is 5.73 Å². The molecule has 0 radical (unpaired) electrons. The van der Waals surface area contributed by atoms with E-state index in [4.69, 9.17) is 5.73 Å². The minimum atomic E-state index is -0.394. The van der Waals surface area contributed by atoms with E-state index in [1.165, 1.54) is 24.4 Å². The molecule has 0 aliphatic carbocycles. The molecule has 0 aliphatic heterocycles. The number of nitrogens with zero attached hydrogens (tertiary/aromatic N) is 3. The van der Waals surface area contributed by atoms with Crippen molar-refractivity contribution in [1.29, 1.82) is 0 Å². The molecule has 0 atom stereocenters. The Hall–Kier alpha value is -3.61. The van der Waals surface area contributed by atoms with Crippen molar-refractivity contribution in [2.24, 2.45) is 0 Å². The van der Waals surface area contributed by atoms with Crippen LogP contribution in [0.4, 0.5) is 14.7 Å². The maximum atomic E-state index is 14.3. The average molecular weight is 349 g/mol. The van der Waals surface area contributed by atoms with Gasteiger partial charge in [0.05, 0.1) is 17.6 Å². The Morgan fingerprint density at radius 1 is 0.846 bits per heavy atom. The van der Waals surface area contributed by atoms with Gasteiger partial charge in [-0.15, -0.1) is 0 Å². The van der Waals surface area contributed by atoms with E-state index in [9.17, 15) is 8.78 Å². The molecule has 0 saturated carbocycles. The molecule has 7 heteroatoms. The van der Waals surface area contributed by atoms with E-state index in [1.807, 2.05) is 0 Å². The zero-order valence-electron chi connectivity index (χ0n) is 13.4. The number of hydrogen-bond acceptors (Lipinski definition) is 4. The van der Waals surface area contributed by atoms with Gasteiger partial charge in [-0.1, -0.05) is 18.2 Å². The van der Waals surface area contributed by atoms with Crippen LogP contribution in [0.15, 0.2) is 60.9 Å². The zero-order chi connectivity index (χ0) is 18.1. The number of halogens is 2. The van der Waals surface area contributed by atoms with Gasteiger partial charge < -0.3 is 5.73 Å². The van der Waals surface area contributed by atoms with Crippen LogP contribution in [0.3, 0.4) is 0 Å². The van der Waals surface area contributed by atoms with E-state index in [0.29, 0.717) is 28.1 Å². The summed E-state index contributed by atoms with van der Waals surface area (Å²) in [5, 5.41) is 6.96. The molecule has 5 nitrogen and oxygen atoms in total.